The first-order chi connectivity index (χ1) is 8.84. The van der Waals surface area contributed by atoms with Gasteiger partial charge in [0.15, 0.2) is 0 Å². The number of carbonyl (C=O) groups excluding carboxylic acids is 2. The summed E-state index contributed by atoms with van der Waals surface area (Å²) >= 11 is 0. The topological polar surface area (TPSA) is 52.6 Å². The van der Waals surface area contributed by atoms with Crippen LogP contribution in [0.5, 0.6) is 0 Å². The summed E-state index contributed by atoms with van der Waals surface area (Å²) in [6, 6.07) is 0. The molecule has 4 nitrogen and oxygen atoms in total. The van der Waals surface area contributed by atoms with Crippen molar-refractivity contribution in [2.45, 2.75) is 26.2 Å². The summed E-state index contributed by atoms with van der Waals surface area (Å²) < 4.78 is 80.2. The lowest BCUT2D eigenvalue weighted by Crippen LogP contribution is -2.28. The van der Waals surface area contributed by atoms with E-state index in [0.717, 1.165) is 0 Å². The van der Waals surface area contributed by atoms with E-state index in [-0.39, 0.29) is 12.5 Å². The van der Waals surface area contributed by atoms with Crippen molar-refractivity contribution >= 4 is 12.1 Å². The van der Waals surface area contributed by atoms with Crippen LogP contribution >= 0.6 is 0 Å². The van der Waals surface area contributed by atoms with Gasteiger partial charge in [0.1, 0.15) is 5.57 Å². The average Bonchev–Trinajstić information content (AvgIpc) is 2.20. The maximum absolute atomic E-state index is 12.1. The van der Waals surface area contributed by atoms with Gasteiger partial charge in [-0.3, -0.25) is 0 Å². The van der Waals surface area contributed by atoms with Crippen LogP contribution in [0.25, 0.3) is 0 Å². The van der Waals surface area contributed by atoms with Gasteiger partial charge >= 0.3 is 24.5 Å². The number of carbonyl (C=O) groups is 2. The first-order valence-electron chi connectivity index (χ1n) is 5.08. The quantitative estimate of drug-likeness (QED) is 0.347. The summed E-state index contributed by atoms with van der Waals surface area (Å²) in [6.07, 6.45) is -14.1. The Bertz CT molecular complexity index is 378. The SMILES string of the molecule is CC(C)COC(=O)OC(=O)C=C(C(F)(F)F)C(F)(F)F. The number of hydrogen-bond acceptors (Lipinski definition) is 4. The standard InChI is InChI=1S/C10H10F6O4/c1-5(2)4-19-8(18)20-7(17)3-6(9(11,12)13)10(14,15)16/h3,5H,4H2,1-2H3. The van der Waals surface area contributed by atoms with Crippen molar-refractivity contribution in [1.29, 1.82) is 0 Å². The zero-order valence-electron chi connectivity index (χ0n) is 10.3. The highest BCUT2D eigenvalue weighted by Crippen LogP contribution is 2.38. The van der Waals surface area contributed by atoms with Crippen LogP contribution in [-0.2, 0) is 14.3 Å². The Morgan fingerprint density at radius 2 is 1.50 bits per heavy atom. The molecule has 0 aliphatic carbocycles. The zero-order valence-corrected chi connectivity index (χ0v) is 10.3. The van der Waals surface area contributed by atoms with Crippen LogP contribution in [0.1, 0.15) is 13.8 Å². The molecule has 0 aromatic carbocycles. The van der Waals surface area contributed by atoms with Gasteiger partial charge in [0.05, 0.1) is 6.61 Å². The third-order valence-electron chi connectivity index (χ3n) is 1.59. The molecular formula is C10H10F6O4. The zero-order chi connectivity index (χ0) is 16.1. The highest BCUT2D eigenvalue weighted by molar-refractivity contribution is 5.90. The Morgan fingerprint density at radius 3 is 1.85 bits per heavy atom. The van der Waals surface area contributed by atoms with Crippen molar-refractivity contribution in [2.24, 2.45) is 5.92 Å². The molecule has 0 amide bonds. The van der Waals surface area contributed by atoms with E-state index in [1.165, 1.54) is 0 Å². The van der Waals surface area contributed by atoms with E-state index in [1.54, 1.807) is 13.8 Å². The minimum absolute atomic E-state index is 0.158. The third kappa shape index (κ3) is 7.00. The second kappa shape index (κ2) is 6.62. The first-order valence-corrected chi connectivity index (χ1v) is 5.08. The van der Waals surface area contributed by atoms with Gasteiger partial charge in [-0.2, -0.15) is 26.3 Å². The Morgan fingerprint density at radius 1 is 1.05 bits per heavy atom. The van der Waals surface area contributed by atoms with Crippen LogP contribution in [0.4, 0.5) is 31.1 Å². The Hall–Kier alpha value is -1.74. The average molecular weight is 308 g/mol. The third-order valence-corrected chi connectivity index (χ3v) is 1.59. The van der Waals surface area contributed by atoms with Crippen LogP contribution in [0, 0.1) is 5.92 Å². The van der Waals surface area contributed by atoms with Gasteiger partial charge in [-0.15, -0.1) is 0 Å². The maximum atomic E-state index is 12.1. The van der Waals surface area contributed by atoms with Crippen LogP contribution in [0.15, 0.2) is 11.6 Å². The second-order valence-electron chi connectivity index (χ2n) is 3.93. The van der Waals surface area contributed by atoms with Gasteiger partial charge in [-0.05, 0) is 5.92 Å². The molecule has 0 aliphatic heterocycles. The molecular weight excluding hydrogens is 298 g/mol. The van der Waals surface area contributed by atoms with E-state index in [1.807, 2.05) is 0 Å². The van der Waals surface area contributed by atoms with Crippen molar-refractivity contribution in [3.8, 4) is 0 Å². The molecule has 0 unspecified atom stereocenters. The van der Waals surface area contributed by atoms with Crippen molar-refractivity contribution in [3.05, 3.63) is 11.6 Å². The lowest BCUT2D eigenvalue weighted by Gasteiger charge is -2.14. The predicted molar refractivity (Wildman–Crippen MR) is 52.5 cm³/mol. The number of hydrogen-bond donors (Lipinski definition) is 0. The van der Waals surface area contributed by atoms with E-state index in [4.69, 9.17) is 0 Å². The van der Waals surface area contributed by atoms with E-state index in [9.17, 15) is 35.9 Å². The molecule has 0 spiro atoms. The molecule has 0 saturated carbocycles. The van der Waals surface area contributed by atoms with Crippen molar-refractivity contribution in [1.82, 2.24) is 0 Å². The second-order valence-corrected chi connectivity index (χ2v) is 3.93. The van der Waals surface area contributed by atoms with Crippen molar-refractivity contribution in [2.75, 3.05) is 6.61 Å². The van der Waals surface area contributed by atoms with Crippen LogP contribution in [0.3, 0.4) is 0 Å². The summed E-state index contributed by atoms with van der Waals surface area (Å²) in [6.45, 7) is 3.02. The first kappa shape index (κ1) is 18.3. The smallest absolute Gasteiger partial charge is 0.434 e. The van der Waals surface area contributed by atoms with Crippen LogP contribution in [-0.4, -0.2) is 31.1 Å². The molecule has 116 valence electrons. The fraction of sp³-hybridized carbons (Fsp3) is 0.600. The molecule has 10 heteroatoms. The molecule has 0 bridgehead atoms. The Kier molecular flexibility index (Phi) is 6.04. The number of allylic oxidation sites excluding steroid dienone is 1. The number of rotatable bonds is 3. The molecule has 0 saturated heterocycles. The highest BCUT2D eigenvalue weighted by atomic mass is 19.4. The van der Waals surface area contributed by atoms with Gasteiger partial charge in [-0.25, -0.2) is 9.59 Å². The lowest BCUT2D eigenvalue weighted by atomic mass is 10.2. The minimum Gasteiger partial charge on any atom is -0.434 e. The monoisotopic (exact) mass is 308 g/mol. The lowest BCUT2D eigenvalue weighted by molar-refractivity contribution is -0.173. The fourth-order valence-electron chi connectivity index (χ4n) is 0.818. The summed E-state index contributed by atoms with van der Waals surface area (Å²) in [7, 11) is 0. The van der Waals surface area contributed by atoms with E-state index in [2.05, 4.69) is 9.47 Å². The van der Waals surface area contributed by atoms with E-state index in [0.29, 0.717) is 0 Å². The Balaban J connectivity index is 4.84. The summed E-state index contributed by atoms with van der Waals surface area (Å²) in [5, 5.41) is 0. The fourth-order valence-corrected chi connectivity index (χ4v) is 0.818. The van der Waals surface area contributed by atoms with Gasteiger partial charge in [0, 0.05) is 6.08 Å². The number of esters is 1. The Labute approximate surface area is 109 Å². The summed E-state index contributed by atoms with van der Waals surface area (Å²) in [5.41, 5.74) is -3.08. The maximum Gasteiger partial charge on any atom is 0.516 e. The molecule has 0 aromatic heterocycles. The molecule has 0 radical (unpaired) electrons. The van der Waals surface area contributed by atoms with Crippen LogP contribution < -0.4 is 0 Å². The molecule has 20 heavy (non-hydrogen) atoms. The molecule has 0 fully saturated rings. The molecule has 0 rings (SSSR count). The summed E-state index contributed by atoms with van der Waals surface area (Å²) in [5.74, 6) is -2.28. The number of halogens is 6. The summed E-state index contributed by atoms with van der Waals surface area (Å²) in [4.78, 5) is 21.6. The highest BCUT2D eigenvalue weighted by Gasteiger charge is 2.51. The molecule has 0 N–H and O–H groups in total. The van der Waals surface area contributed by atoms with Crippen LogP contribution in [0.2, 0.25) is 0 Å². The number of ether oxygens (including phenoxy) is 2. The molecule has 0 aromatic rings. The van der Waals surface area contributed by atoms with Gasteiger partial charge < -0.3 is 9.47 Å². The molecule has 0 aliphatic rings. The van der Waals surface area contributed by atoms with Crippen molar-refractivity contribution < 1.29 is 45.4 Å². The molecule has 0 heterocycles. The minimum atomic E-state index is -5.81. The number of alkyl halides is 6. The van der Waals surface area contributed by atoms with Crippen molar-refractivity contribution in [3.63, 3.8) is 0 Å². The predicted octanol–water partition coefficient (Wildman–Crippen LogP) is 3.37. The van der Waals surface area contributed by atoms with Gasteiger partial charge in [0.25, 0.3) is 0 Å². The van der Waals surface area contributed by atoms with Gasteiger partial charge in [-0.1, -0.05) is 13.8 Å². The molecule has 0 atom stereocenters. The van der Waals surface area contributed by atoms with E-state index < -0.39 is 36.1 Å². The normalized spacial score (nSPS) is 12.1. The van der Waals surface area contributed by atoms with Gasteiger partial charge in [0.2, 0.25) is 0 Å². The largest absolute Gasteiger partial charge is 0.516 e. The van der Waals surface area contributed by atoms with E-state index >= 15 is 0 Å².